The molecule has 0 spiro atoms. The predicted molar refractivity (Wildman–Crippen MR) is 77.0 cm³/mol. The molecule has 1 heterocycles. The molecule has 2 rings (SSSR count). The molecule has 2 nitrogen and oxygen atoms in total. The van der Waals surface area contributed by atoms with Gasteiger partial charge in [-0.3, -0.25) is 4.98 Å². The first-order valence-corrected chi connectivity index (χ1v) is 6.43. The van der Waals surface area contributed by atoms with E-state index in [9.17, 15) is 0 Å². The van der Waals surface area contributed by atoms with E-state index in [4.69, 9.17) is 27.9 Å². The van der Waals surface area contributed by atoms with Crippen LogP contribution < -0.4 is 4.74 Å². The number of fused-ring (bicyclic) bond motifs is 1. The Labute approximate surface area is 117 Å². The molecule has 0 aliphatic heterocycles. The number of halogens is 2. The second-order valence-electron chi connectivity index (χ2n) is 5.24. The molecule has 0 aliphatic rings. The molecule has 1 aromatic carbocycles. The van der Waals surface area contributed by atoms with Crippen LogP contribution in [0.4, 0.5) is 0 Å². The third-order valence-corrected chi connectivity index (χ3v) is 3.41. The highest BCUT2D eigenvalue weighted by Crippen LogP contribution is 2.34. The molecule has 0 saturated carbocycles. The van der Waals surface area contributed by atoms with Crippen LogP contribution in [0.5, 0.6) is 5.75 Å². The Balaban J connectivity index is 2.75. The highest BCUT2D eigenvalue weighted by molar-refractivity contribution is 6.37. The lowest BCUT2D eigenvalue weighted by Gasteiger charge is -2.19. The van der Waals surface area contributed by atoms with E-state index < -0.39 is 0 Å². The van der Waals surface area contributed by atoms with Crippen molar-refractivity contribution in [3.8, 4) is 5.75 Å². The molecule has 0 N–H and O–H groups in total. The molecule has 0 aliphatic carbocycles. The van der Waals surface area contributed by atoms with Crippen molar-refractivity contribution < 1.29 is 4.74 Å². The van der Waals surface area contributed by atoms with Crippen LogP contribution in [0.15, 0.2) is 18.2 Å². The van der Waals surface area contributed by atoms with Crippen LogP contribution in [0.25, 0.3) is 10.9 Å². The van der Waals surface area contributed by atoms with Gasteiger partial charge in [-0.05, 0) is 12.1 Å². The Bertz CT molecular complexity index is 603. The van der Waals surface area contributed by atoms with Gasteiger partial charge >= 0.3 is 0 Å². The zero-order chi connectivity index (χ0) is 13.5. The first-order valence-electron chi connectivity index (χ1n) is 5.67. The number of nitrogens with zero attached hydrogens (tertiary/aromatic N) is 1. The summed E-state index contributed by atoms with van der Waals surface area (Å²) in [5.74, 6) is 0.610. The van der Waals surface area contributed by atoms with Crippen molar-refractivity contribution in [2.24, 2.45) is 0 Å². The molecule has 0 fully saturated rings. The van der Waals surface area contributed by atoms with E-state index in [1.54, 1.807) is 13.2 Å². The number of benzene rings is 1. The Kier molecular flexibility index (Phi) is 3.43. The van der Waals surface area contributed by atoms with Crippen molar-refractivity contribution >= 4 is 34.1 Å². The van der Waals surface area contributed by atoms with Gasteiger partial charge in [0, 0.05) is 22.6 Å². The molecule has 0 atom stereocenters. The zero-order valence-electron chi connectivity index (χ0n) is 10.8. The quantitative estimate of drug-likeness (QED) is 0.747. The number of aromatic nitrogens is 1. The molecular weight excluding hydrogens is 269 g/mol. The summed E-state index contributed by atoms with van der Waals surface area (Å²) in [6.07, 6.45) is 0. The fourth-order valence-electron chi connectivity index (χ4n) is 1.73. The van der Waals surface area contributed by atoms with Crippen molar-refractivity contribution in [3.63, 3.8) is 0 Å². The van der Waals surface area contributed by atoms with Crippen molar-refractivity contribution in [3.05, 3.63) is 33.9 Å². The van der Waals surface area contributed by atoms with Gasteiger partial charge in [0.1, 0.15) is 5.75 Å². The maximum Gasteiger partial charge on any atom is 0.139 e. The summed E-state index contributed by atoms with van der Waals surface area (Å²) >= 11 is 12.4. The molecule has 0 bridgehead atoms. The first-order chi connectivity index (χ1) is 8.32. The van der Waals surface area contributed by atoms with E-state index in [0.717, 1.165) is 16.6 Å². The largest absolute Gasteiger partial charge is 0.495 e. The van der Waals surface area contributed by atoms with Crippen LogP contribution in [-0.2, 0) is 5.41 Å². The lowest BCUT2D eigenvalue weighted by atomic mass is 9.91. The number of pyridine rings is 1. The van der Waals surface area contributed by atoms with E-state index >= 15 is 0 Å². The molecule has 2 aromatic rings. The molecule has 0 amide bonds. The van der Waals surface area contributed by atoms with Gasteiger partial charge in [0.2, 0.25) is 0 Å². The van der Waals surface area contributed by atoms with Crippen LogP contribution in [0.2, 0.25) is 10.0 Å². The highest BCUT2D eigenvalue weighted by Gasteiger charge is 2.18. The summed E-state index contributed by atoms with van der Waals surface area (Å²) in [4.78, 5) is 4.63. The smallest absolute Gasteiger partial charge is 0.139 e. The summed E-state index contributed by atoms with van der Waals surface area (Å²) in [6, 6.07) is 5.50. The van der Waals surface area contributed by atoms with E-state index in [2.05, 4.69) is 25.8 Å². The van der Waals surface area contributed by atoms with Gasteiger partial charge in [-0.1, -0.05) is 44.0 Å². The number of ether oxygens (including phenoxy) is 1. The fraction of sp³-hybridized carbons (Fsp3) is 0.357. The van der Waals surface area contributed by atoms with Crippen molar-refractivity contribution in [2.75, 3.05) is 7.11 Å². The van der Waals surface area contributed by atoms with Crippen LogP contribution >= 0.6 is 23.2 Å². The minimum absolute atomic E-state index is 0.0509. The Hall–Kier alpha value is -0.990. The number of rotatable bonds is 1. The van der Waals surface area contributed by atoms with Crippen molar-refractivity contribution in [1.82, 2.24) is 4.98 Å². The SMILES string of the molecule is COc1cc2nc(C(C)(C)C)cc(Cl)c2cc1Cl. The molecule has 96 valence electrons. The second kappa shape index (κ2) is 4.60. The van der Waals surface area contributed by atoms with Gasteiger partial charge in [-0.2, -0.15) is 0 Å². The summed E-state index contributed by atoms with van der Waals surface area (Å²) in [5.41, 5.74) is 1.70. The van der Waals surface area contributed by atoms with Crippen molar-refractivity contribution in [1.29, 1.82) is 0 Å². The third-order valence-electron chi connectivity index (χ3n) is 2.80. The van der Waals surface area contributed by atoms with E-state index in [1.165, 1.54) is 0 Å². The molecule has 18 heavy (non-hydrogen) atoms. The standard InChI is InChI=1S/C14H15Cl2NO/c1-14(2,3)13-6-9(15)8-5-10(16)12(18-4)7-11(8)17-13/h5-7H,1-4H3. The van der Waals surface area contributed by atoms with Crippen LogP contribution in [0.1, 0.15) is 26.5 Å². The summed E-state index contributed by atoms with van der Waals surface area (Å²) in [5, 5.41) is 2.04. The normalized spacial score (nSPS) is 11.9. The fourth-order valence-corrected chi connectivity index (χ4v) is 2.22. The molecule has 1 aromatic heterocycles. The van der Waals surface area contributed by atoms with Gasteiger partial charge in [0.05, 0.1) is 22.7 Å². The molecule has 0 radical (unpaired) electrons. The van der Waals surface area contributed by atoms with Crippen molar-refractivity contribution in [2.45, 2.75) is 26.2 Å². The average molecular weight is 284 g/mol. The summed E-state index contributed by atoms with van der Waals surface area (Å²) in [6.45, 7) is 6.31. The predicted octanol–water partition coefficient (Wildman–Crippen LogP) is 4.85. The molecule has 0 saturated heterocycles. The van der Waals surface area contributed by atoms with Crippen LogP contribution in [0.3, 0.4) is 0 Å². The minimum Gasteiger partial charge on any atom is -0.495 e. The summed E-state index contributed by atoms with van der Waals surface area (Å²) < 4.78 is 5.20. The van der Waals surface area contributed by atoms with Gasteiger partial charge in [0.15, 0.2) is 0 Å². The lowest BCUT2D eigenvalue weighted by molar-refractivity contribution is 0.415. The second-order valence-corrected chi connectivity index (χ2v) is 6.06. The van der Waals surface area contributed by atoms with Gasteiger partial charge in [-0.25, -0.2) is 0 Å². The monoisotopic (exact) mass is 283 g/mol. The molecular formula is C14H15Cl2NO. The lowest BCUT2D eigenvalue weighted by Crippen LogP contribution is -2.13. The van der Waals surface area contributed by atoms with Crippen LogP contribution in [-0.4, -0.2) is 12.1 Å². The Morgan fingerprint density at radius 1 is 1.06 bits per heavy atom. The maximum absolute atomic E-state index is 6.30. The first kappa shape index (κ1) is 13.4. The summed E-state index contributed by atoms with van der Waals surface area (Å²) in [7, 11) is 1.59. The van der Waals surface area contributed by atoms with Gasteiger partial charge in [-0.15, -0.1) is 0 Å². The molecule has 0 unspecified atom stereocenters. The van der Waals surface area contributed by atoms with E-state index in [1.807, 2.05) is 12.1 Å². The van der Waals surface area contributed by atoms with E-state index in [0.29, 0.717) is 15.8 Å². The highest BCUT2D eigenvalue weighted by atomic mass is 35.5. The topological polar surface area (TPSA) is 22.1 Å². The minimum atomic E-state index is -0.0509. The van der Waals surface area contributed by atoms with Gasteiger partial charge < -0.3 is 4.74 Å². The molecule has 4 heteroatoms. The maximum atomic E-state index is 6.30. The van der Waals surface area contributed by atoms with Crippen LogP contribution in [0, 0.1) is 0 Å². The average Bonchev–Trinajstić information content (AvgIpc) is 2.28. The van der Waals surface area contributed by atoms with Gasteiger partial charge in [0.25, 0.3) is 0 Å². The number of hydrogen-bond donors (Lipinski definition) is 0. The number of methoxy groups -OCH3 is 1. The van der Waals surface area contributed by atoms with E-state index in [-0.39, 0.29) is 5.41 Å². The Morgan fingerprint density at radius 3 is 2.28 bits per heavy atom. The Morgan fingerprint density at radius 2 is 1.72 bits per heavy atom. The number of hydrogen-bond acceptors (Lipinski definition) is 2. The zero-order valence-corrected chi connectivity index (χ0v) is 12.4. The third kappa shape index (κ3) is 2.40.